The molecule has 0 aliphatic heterocycles. The molecule has 1 aromatic heterocycles. The van der Waals surface area contributed by atoms with Crippen LogP contribution in [-0.4, -0.2) is 9.78 Å². The van der Waals surface area contributed by atoms with Crippen LogP contribution in [0, 0.1) is 22.7 Å². The third kappa shape index (κ3) is 1.47. The van der Waals surface area contributed by atoms with Gasteiger partial charge in [0.15, 0.2) is 0 Å². The topological polar surface area (TPSA) is 91.4 Å². The number of nitrogen functional groups attached to an aromatic ring is 1. The van der Waals surface area contributed by atoms with Crippen LogP contribution < -0.4 is 5.73 Å². The van der Waals surface area contributed by atoms with Crippen molar-refractivity contribution in [3.05, 3.63) is 41.6 Å². The second-order valence-corrected chi connectivity index (χ2v) is 3.13. The average molecular weight is 209 g/mol. The lowest BCUT2D eigenvalue weighted by Gasteiger charge is -2.03. The van der Waals surface area contributed by atoms with Gasteiger partial charge in [0, 0.05) is 0 Å². The third-order valence-electron chi connectivity index (χ3n) is 2.15. The standard InChI is InChI=1S/C11H7N5/c12-5-8-2-1-3-10(4-8)16-11(14)9(6-13)7-15-16/h1-4,7H,14H2. The highest BCUT2D eigenvalue weighted by atomic mass is 15.3. The molecule has 2 N–H and O–H groups in total. The summed E-state index contributed by atoms with van der Waals surface area (Å²) >= 11 is 0. The van der Waals surface area contributed by atoms with Gasteiger partial charge >= 0.3 is 0 Å². The van der Waals surface area contributed by atoms with E-state index in [4.69, 9.17) is 16.3 Å². The summed E-state index contributed by atoms with van der Waals surface area (Å²) in [5.41, 5.74) is 7.24. The maximum absolute atomic E-state index is 8.77. The van der Waals surface area contributed by atoms with Gasteiger partial charge in [0.05, 0.1) is 23.5 Å². The summed E-state index contributed by atoms with van der Waals surface area (Å²) in [5.74, 6) is 0.276. The first-order chi connectivity index (χ1) is 7.76. The predicted octanol–water partition coefficient (Wildman–Crippen LogP) is 1.20. The molecule has 2 rings (SSSR count). The number of nitrogens with two attached hydrogens (primary N) is 1. The zero-order chi connectivity index (χ0) is 11.5. The van der Waals surface area contributed by atoms with E-state index >= 15 is 0 Å². The normalized spacial score (nSPS) is 9.38. The molecule has 0 unspecified atom stereocenters. The van der Waals surface area contributed by atoms with Gasteiger partial charge in [0.25, 0.3) is 0 Å². The minimum atomic E-state index is 0.276. The van der Waals surface area contributed by atoms with Crippen LogP contribution in [0.4, 0.5) is 5.82 Å². The highest BCUT2D eigenvalue weighted by Gasteiger charge is 2.08. The summed E-state index contributed by atoms with van der Waals surface area (Å²) in [7, 11) is 0. The van der Waals surface area contributed by atoms with Crippen LogP contribution in [0.25, 0.3) is 5.69 Å². The number of hydrogen-bond donors (Lipinski definition) is 1. The molecule has 0 aliphatic rings. The SMILES string of the molecule is N#Cc1cccc(-n2ncc(C#N)c2N)c1. The number of nitrogens with zero attached hydrogens (tertiary/aromatic N) is 4. The third-order valence-corrected chi connectivity index (χ3v) is 2.15. The summed E-state index contributed by atoms with van der Waals surface area (Å²) in [4.78, 5) is 0. The molecular weight excluding hydrogens is 202 g/mol. The highest BCUT2D eigenvalue weighted by molar-refractivity contribution is 5.53. The van der Waals surface area contributed by atoms with Gasteiger partial charge in [-0.2, -0.15) is 15.6 Å². The van der Waals surface area contributed by atoms with Crippen molar-refractivity contribution in [1.29, 1.82) is 10.5 Å². The Balaban J connectivity index is 2.56. The van der Waals surface area contributed by atoms with E-state index < -0.39 is 0 Å². The Morgan fingerprint density at radius 3 is 2.69 bits per heavy atom. The predicted molar refractivity (Wildman–Crippen MR) is 57.4 cm³/mol. The summed E-state index contributed by atoms with van der Waals surface area (Å²) in [6.07, 6.45) is 1.40. The monoisotopic (exact) mass is 209 g/mol. The number of hydrogen-bond acceptors (Lipinski definition) is 4. The summed E-state index contributed by atoms with van der Waals surface area (Å²) < 4.78 is 1.43. The number of aromatic nitrogens is 2. The number of nitriles is 2. The molecule has 1 aromatic carbocycles. The van der Waals surface area contributed by atoms with E-state index in [2.05, 4.69) is 5.10 Å². The molecule has 5 heteroatoms. The molecule has 16 heavy (non-hydrogen) atoms. The highest BCUT2D eigenvalue weighted by Crippen LogP contribution is 2.16. The van der Waals surface area contributed by atoms with E-state index in [1.165, 1.54) is 10.9 Å². The number of rotatable bonds is 1. The molecule has 0 fully saturated rings. The van der Waals surface area contributed by atoms with Gasteiger partial charge in [-0.15, -0.1) is 0 Å². The largest absolute Gasteiger partial charge is 0.382 e. The van der Waals surface area contributed by atoms with E-state index in [9.17, 15) is 0 Å². The zero-order valence-corrected chi connectivity index (χ0v) is 8.25. The first-order valence-corrected chi connectivity index (χ1v) is 4.50. The van der Waals surface area contributed by atoms with E-state index in [0.29, 0.717) is 16.8 Å². The van der Waals surface area contributed by atoms with Crippen molar-refractivity contribution in [2.75, 3.05) is 5.73 Å². The van der Waals surface area contributed by atoms with Crippen molar-refractivity contribution in [3.8, 4) is 17.8 Å². The summed E-state index contributed by atoms with van der Waals surface area (Å²) in [6, 6.07) is 10.8. The molecule has 0 amide bonds. The lowest BCUT2D eigenvalue weighted by atomic mass is 10.2. The Kier molecular flexibility index (Phi) is 2.29. The lowest BCUT2D eigenvalue weighted by molar-refractivity contribution is 0.891. The van der Waals surface area contributed by atoms with Crippen LogP contribution in [0.5, 0.6) is 0 Å². The molecule has 1 heterocycles. The Hall–Kier alpha value is -2.79. The second kappa shape index (κ2) is 3.76. The fraction of sp³-hybridized carbons (Fsp3) is 0. The maximum Gasteiger partial charge on any atom is 0.145 e. The van der Waals surface area contributed by atoms with Gasteiger partial charge in [-0.05, 0) is 18.2 Å². The fourth-order valence-corrected chi connectivity index (χ4v) is 1.36. The molecule has 0 aliphatic carbocycles. The van der Waals surface area contributed by atoms with E-state index in [1.54, 1.807) is 24.3 Å². The van der Waals surface area contributed by atoms with Crippen molar-refractivity contribution in [3.63, 3.8) is 0 Å². The van der Waals surface area contributed by atoms with Crippen molar-refractivity contribution in [2.24, 2.45) is 0 Å². The van der Waals surface area contributed by atoms with Gasteiger partial charge in [0.1, 0.15) is 17.5 Å². The van der Waals surface area contributed by atoms with Crippen LogP contribution in [0.3, 0.4) is 0 Å². The lowest BCUT2D eigenvalue weighted by Crippen LogP contribution is -2.02. The number of benzene rings is 1. The molecule has 0 saturated heterocycles. The second-order valence-electron chi connectivity index (χ2n) is 3.13. The molecule has 0 spiro atoms. The maximum atomic E-state index is 8.77. The zero-order valence-electron chi connectivity index (χ0n) is 8.25. The Bertz CT molecular complexity index is 612. The summed E-state index contributed by atoms with van der Waals surface area (Å²) in [5, 5.41) is 21.5. The van der Waals surface area contributed by atoms with Crippen molar-refractivity contribution in [1.82, 2.24) is 9.78 Å². The first-order valence-electron chi connectivity index (χ1n) is 4.50. The number of anilines is 1. The summed E-state index contributed by atoms with van der Waals surface area (Å²) in [6.45, 7) is 0. The quantitative estimate of drug-likeness (QED) is 0.763. The molecule has 5 nitrogen and oxygen atoms in total. The minimum Gasteiger partial charge on any atom is -0.382 e. The Morgan fingerprint density at radius 2 is 2.06 bits per heavy atom. The molecule has 0 radical (unpaired) electrons. The van der Waals surface area contributed by atoms with E-state index in [-0.39, 0.29) is 5.82 Å². The van der Waals surface area contributed by atoms with Crippen LogP contribution in [-0.2, 0) is 0 Å². The minimum absolute atomic E-state index is 0.276. The van der Waals surface area contributed by atoms with E-state index in [1.807, 2.05) is 12.1 Å². The first kappa shape index (κ1) is 9.75. The molecule has 2 aromatic rings. The molecule has 0 bridgehead atoms. The van der Waals surface area contributed by atoms with Crippen LogP contribution in [0.2, 0.25) is 0 Å². The van der Waals surface area contributed by atoms with Crippen LogP contribution in [0.1, 0.15) is 11.1 Å². The van der Waals surface area contributed by atoms with Crippen molar-refractivity contribution < 1.29 is 0 Å². The Labute approximate surface area is 92.0 Å². The molecule has 76 valence electrons. The van der Waals surface area contributed by atoms with Crippen molar-refractivity contribution in [2.45, 2.75) is 0 Å². The van der Waals surface area contributed by atoms with Gasteiger partial charge in [-0.1, -0.05) is 6.07 Å². The van der Waals surface area contributed by atoms with Crippen LogP contribution >= 0.6 is 0 Å². The van der Waals surface area contributed by atoms with Crippen molar-refractivity contribution >= 4 is 5.82 Å². The van der Waals surface area contributed by atoms with Gasteiger partial charge < -0.3 is 5.73 Å². The Morgan fingerprint density at radius 1 is 1.25 bits per heavy atom. The average Bonchev–Trinajstić information content (AvgIpc) is 2.70. The van der Waals surface area contributed by atoms with E-state index in [0.717, 1.165) is 0 Å². The van der Waals surface area contributed by atoms with Gasteiger partial charge in [-0.3, -0.25) is 0 Å². The van der Waals surface area contributed by atoms with Gasteiger partial charge in [-0.25, -0.2) is 4.68 Å². The van der Waals surface area contributed by atoms with Crippen LogP contribution in [0.15, 0.2) is 30.5 Å². The smallest absolute Gasteiger partial charge is 0.145 e. The fourth-order valence-electron chi connectivity index (χ4n) is 1.36. The van der Waals surface area contributed by atoms with Gasteiger partial charge in [0.2, 0.25) is 0 Å². The molecule has 0 atom stereocenters. The molecular formula is C11H7N5. The molecule has 0 saturated carbocycles.